The molecule has 0 saturated carbocycles. The van der Waals surface area contributed by atoms with Gasteiger partial charge in [-0.05, 0) is 58.4 Å². The van der Waals surface area contributed by atoms with Crippen LogP contribution in [0.1, 0.15) is 54.4 Å². The van der Waals surface area contributed by atoms with Crippen molar-refractivity contribution in [3.63, 3.8) is 0 Å². The SMILES string of the molecule is Cc1ccc(C(=O)c2nn(-c3ccc(Cl)cc3)c(N(CCCI)C(=O)OC(C)(C)C)c2C#N)cc1. The number of anilines is 1. The lowest BCUT2D eigenvalue weighted by molar-refractivity contribution is 0.0578. The number of nitriles is 1. The highest BCUT2D eigenvalue weighted by Crippen LogP contribution is 2.31. The van der Waals surface area contributed by atoms with E-state index in [9.17, 15) is 14.9 Å². The monoisotopic (exact) mass is 604 g/mol. The molecule has 0 radical (unpaired) electrons. The number of rotatable bonds is 7. The van der Waals surface area contributed by atoms with Crippen molar-refractivity contribution in [1.29, 1.82) is 5.26 Å². The number of hydrogen-bond acceptors (Lipinski definition) is 5. The highest BCUT2D eigenvalue weighted by molar-refractivity contribution is 14.1. The van der Waals surface area contributed by atoms with Crippen LogP contribution < -0.4 is 4.90 Å². The number of benzene rings is 2. The zero-order valence-corrected chi connectivity index (χ0v) is 22.9. The zero-order chi connectivity index (χ0) is 25.8. The van der Waals surface area contributed by atoms with E-state index >= 15 is 0 Å². The molecule has 0 unspecified atom stereocenters. The molecular weight excluding hydrogens is 579 g/mol. The lowest BCUT2D eigenvalue weighted by Crippen LogP contribution is -2.39. The smallest absolute Gasteiger partial charge is 0.416 e. The van der Waals surface area contributed by atoms with Crippen LogP contribution >= 0.6 is 34.2 Å². The maximum atomic E-state index is 13.4. The fourth-order valence-electron chi connectivity index (χ4n) is 3.34. The van der Waals surface area contributed by atoms with Gasteiger partial charge in [0.05, 0.1) is 5.69 Å². The summed E-state index contributed by atoms with van der Waals surface area (Å²) < 4.78 is 7.88. The molecule has 0 spiro atoms. The van der Waals surface area contributed by atoms with Gasteiger partial charge >= 0.3 is 6.09 Å². The number of halogens is 2. The third-order valence-electron chi connectivity index (χ3n) is 4.96. The quantitative estimate of drug-likeness (QED) is 0.174. The molecule has 2 aromatic carbocycles. The molecule has 7 nitrogen and oxygen atoms in total. The molecule has 1 amide bonds. The molecule has 1 heterocycles. The lowest BCUT2D eigenvalue weighted by atomic mass is 10.0. The van der Waals surface area contributed by atoms with Crippen LogP contribution in [0.2, 0.25) is 5.02 Å². The molecule has 182 valence electrons. The van der Waals surface area contributed by atoms with Crippen molar-refractivity contribution < 1.29 is 14.3 Å². The molecule has 35 heavy (non-hydrogen) atoms. The van der Waals surface area contributed by atoms with Gasteiger partial charge in [0.15, 0.2) is 11.5 Å². The number of ether oxygens (including phenoxy) is 1. The molecule has 0 aliphatic heterocycles. The first-order valence-corrected chi connectivity index (χ1v) is 12.9. The Labute approximate surface area is 223 Å². The van der Waals surface area contributed by atoms with Crippen LogP contribution in [-0.2, 0) is 4.74 Å². The summed E-state index contributed by atoms with van der Waals surface area (Å²) in [5.74, 6) is -0.224. The summed E-state index contributed by atoms with van der Waals surface area (Å²) in [4.78, 5) is 28.1. The van der Waals surface area contributed by atoms with E-state index in [1.807, 2.05) is 19.1 Å². The topological polar surface area (TPSA) is 88.2 Å². The standard InChI is InChI=1S/C26H26ClIN4O3/c1-17-6-8-18(9-7-17)23(33)22-21(16-29)24(32(30-22)20-12-10-19(27)11-13-20)31(15-5-14-28)25(34)35-26(2,3)4/h6-13H,5,14-15H2,1-4H3. The lowest BCUT2D eigenvalue weighted by Gasteiger charge is -2.27. The molecule has 3 rings (SSSR count). The van der Waals surface area contributed by atoms with Gasteiger partial charge in [0, 0.05) is 21.6 Å². The molecule has 0 fully saturated rings. The van der Waals surface area contributed by atoms with E-state index in [0.717, 1.165) is 9.99 Å². The summed E-state index contributed by atoms with van der Waals surface area (Å²) >= 11 is 8.30. The van der Waals surface area contributed by atoms with Crippen molar-refractivity contribution in [2.75, 3.05) is 15.9 Å². The first-order valence-electron chi connectivity index (χ1n) is 11.0. The second-order valence-corrected chi connectivity index (χ2v) is 10.4. The van der Waals surface area contributed by atoms with Crippen LogP contribution in [0.25, 0.3) is 5.69 Å². The van der Waals surface area contributed by atoms with E-state index in [1.54, 1.807) is 57.2 Å². The molecule has 0 aliphatic rings. The van der Waals surface area contributed by atoms with Crippen LogP contribution in [0.5, 0.6) is 0 Å². The Hall–Kier alpha value is -2.90. The van der Waals surface area contributed by atoms with Crippen molar-refractivity contribution in [3.05, 3.63) is 75.9 Å². The predicted molar refractivity (Wildman–Crippen MR) is 145 cm³/mol. The first kappa shape index (κ1) is 26.7. The van der Waals surface area contributed by atoms with Crippen LogP contribution in [-0.4, -0.2) is 38.2 Å². The molecule has 3 aromatic rings. The zero-order valence-electron chi connectivity index (χ0n) is 20.0. The summed E-state index contributed by atoms with van der Waals surface area (Å²) in [6.45, 7) is 7.53. The summed E-state index contributed by atoms with van der Waals surface area (Å²) in [5.41, 5.74) is 1.17. The molecule has 0 atom stereocenters. The summed E-state index contributed by atoms with van der Waals surface area (Å²) in [6.07, 6.45) is 0.0286. The van der Waals surface area contributed by atoms with E-state index in [0.29, 0.717) is 22.7 Å². The number of carbonyl (C=O) groups is 2. The minimum Gasteiger partial charge on any atom is -0.443 e. The number of alkyl halides is 1. The number of carbonyl (C=O) groups excluding carboxylic acids is 2. The number of hydrogen-bond donors (Lipinski definition) is 0. The summed E-state index contributed by atoms with van der Waals surface area (Å²) in [6, 6.07) is 15.9. The van der Waals surface area contributed by atoms with Crippen molar-refractivity contribution >= 4 is 51.9 Å². The Morgan fingerprint density at radius 3 is 2.31 bits per heavy atom. The molecular formula is C26H26ClIN4O3. The summed E-state index contributed by atoms with van der Waals surface area (Å²) in [7, 11) is 0. The summed E-state index contributed by atoms with van der Waals surface area (Å²) in [5, 5.41) is 15.2. The maximum absolute atomic E-state index is 13.4. The Balaban J connectivity index is 2.25. The van der Waals surface area contributed by atoms with Gasteiger partial charge in [0.2, 0.25) is 5.78 Å². The number of ketones is 1. The van der Waals surface area contributed by atoms with Gasteiger partial charge in [0.25, 0.3) is 0 Å². The molecule has 0 N–H and O–H groups in total. The Kier molecular flexibility index (Phi) is 8.56. The molecule has 0 bridgehead atoms. The van der Waals surface area contributed by atoms with E-state index in [-0.39, 0.29) is 23.6 Å². The third-order valence-corrected chi connectivity index (χ3v) is 5.97. The second-order valence-electron chi connectivity index (χ2n) is 8.92. The van der Waals surface area contributed by atoms with E-state index in [4.69, 9.17) is 16.3 Å². The van der Waals surface area contributed by atoms with Crippen LogP contribution in [0.4, 0.5) is 10.6 Å². The van der Waals surface area contributed by atoms with Crippen molar-refractivity contribution in [1.82, 2.24) is 9.78 Å². The number of amides is 1. The van der Waals surface area contributed by atoms with Crippen LogP contribution in [0.3, 0.4) is 0 Å². The van der Waals surface area contributed by atoms with Gasteiger partial charge in [-0.1, -0.05) is 64.0 Å². The van der Waals surface area contributed by atoms with Crippen LogP contribution in [0, 0.1) is 18.3 Å². The van der Waals surface area contributed by atoms with Gasteiger partial charge < -0.3 is 4.74 Å². The predicted octanol–water partition coefficient (Wildman–Crippen LogP) is 6.50. The number of nitrogens with zero attached hydrogens (tertiary/aromatic N) is 4. The molecule has 9 heteroatoms. The van der Waals surface area contributed by atoms with Gasteiger partial charge in [-0.3, -0.25) is 9.69 Å². The van der Waals surface area contributed by atoms with Crippen molar-refractivity contribution in [3.8, 4) is 11.8 Å². The minimum atomic E-state index is -0.752. The third kappa shape index (κ3) is 6.41. The van der Waals surface area contributed by atoms with Crippen molar-refractivity contribution in [2.24, 2.45) is 0 Å². The van der Waals surface area contributed by atoms with Crippen LogP contribution in [0.15, 0.2) is 48.5 Å². The van der Waals surface area contributed by atoms with Gasteiger partial charge in [0.1, 0.15) is 17.2 Å². The van der Waals surface area contributed by atoms with E-state index in [1.165, 1.54) is 9.58 Å². The van der Waals surface area contributed by atoms with Gasteiger partial charge in [-0.2, -0.15) is 10.4 Å². The van der Waals surface area contributed by atoms with Gasteiger partial charge in [-0.15, -0.1) is 0 Å². The molecule has 0 saturated heterocycles. The van der Waals surface area contributed by atoms with E-state index < -0.39 is 17.5 Å². The first-order chi connectivity index (χ1) is 16.6. The Bertz CT molecular complexity index is 1260. The van der Waals surface area contributed by atoms with E-state index in [2.05, 4.69) is 33.8 Å². The number of aryl methyl sites for hydroxylation is 1. The number of aromatic nitrogens is 2. The average molecular weight is 605 g/mol. The largest absolute Gasteiger partial charge is 0.443 e. The Morgan fingerprint density at radius 2 is 1.77 bits per heavy atom. The maximum Gasteiger partial charge on any atom is 0.416 e. The molecule has 0 aliphatic carbocycles. The highest BCUT2D eigenvalue weighted by atomic mass is 127. The molecule has 1 aromatic heterocycles. The highest BCUT2D eigenvalue weighted by Gasteiger charge is 2.33. The fourth-order valence-corrected chi connectivity index (χ4v) is 3.81. The second kappa shape index (κ2) is 11.2. The normalized spacial score (nSPS) is 11.1. The fraction of sp³-hybridized carbons (Fsp3) is 0.308. The minimum absolute atomic E-state index is 0.00448. The van der Waals surface area contributed by atoms with Gasteiger partial charge in [-0.25, -0.2) is 9.48 Å². The van der Waals surface area contributed by atoms with Crippen molar-refractivity contribution in [2.45, 2.75) is 39.7 Å². The average Bonchev–Trinajstić information content (AvgIpc) is 3.18. The Morgan fingerprint density at radius 1 is 1.14 bits per heavy atom.